The number of H-pyrrole nitrogens is 1. The topological polar surface area (TPSA) is 158 Å². The summed E-state index contributed by atoms with van der Waals surface area (Å²) in [6.07, 6.45) is -3.26. The van der Waals surface area contributed by atoms with Crippen molar-refractivity contribution in [2.75, 3.05) is 27.4 Å². The van der Waals surface area contributed by atoms with E-state index in [0.717, 1.165) is 21.3 Å². The van der Waals surface area contributed by atoms with Crippen LogP contribution in [0.25, 0.3) is 0 Å². The Morgan fingerprint density at radius 1 is 0.906 bits per heavy atom. The van der Waals surface area contributed by atoms with Gasteiger partial charge in [0.1, 0.15) is 35.4 Å². The van der Waals surface area contributed by atoms with E-state index in [-0.39, 0.29) is 31.7 Å². The molecule has 2 N–H and O–H groups in total. The lowest BCUT2D eigenvalue weighted by Crippen LogP contribution is -2.42. The van der Waals surface area contributed by atoms with Gasteiger partial charge in [-0.1, -0.05) is 54.6 Å². The summed E-state index contributed by atoms with van der Waals surface area (Å²) in [4.78, 5) is 27.2. The second-order valence-electron chi connectivity index (χ2n) is 13.0. The SMILES string of the molecule is COc1ccc(C(OCC2OC(n3ccc(=O)[nH]c3=O)C(O)C2OP(OCCC#N)N(C(C)C)C(C)C)(c2ccccc2)c2ccc(OC)cc2)cc1. The standard InChI is InChI=1S/C39H47N4O9P/c1-26(2)43(27(3)4)53(50-24-10-22-40)52-36-33(51-37(35(36)45)42-23-21-34(44)41-38(42)46)25-49-39(28-11-8-7-9-12-28,29-13-17-31(47-5)18-14-29)30-15-19-32(48-6)20-16-30/h7-9,11-21,23,26-27,33,35-37,45H,10,24-25H2,1-6H3,(H,41,44,46). The number of aliphatic hydroxyl groups is 1. The number of nitrogens with one attached hydrogen (secondary N) is 1. The summed E-state index contributed by atoms with van der Waals surface area (Å²) >= 11 is 0. The Hall–Kier alpha value is -4.38. The third-order valence-corrected chi connectivity index (χ3v) is 11.1. The predicted octanol–water partition coefficient (Wildman–Crippen LogP) is 5.48. The summed E-state index contributed by atoms with van der Waals surface area (Å²) in [6.45, 7) is 8.01. The van der Waals surface area contributed by atoms with Crippen molar-refractivity contribution in [3.63, 3.8) is 0 Å². The smallest absolute Gasteiger partial charge is 0.330 e. The molecule has 13 nitrogen and oxygen atoms in total. The Bertz CT molecular complexity index is 1860. The van der Waals surface area contributed by atoms with Gasteiger partial charge in [0.05, 0.1) is 39.9 Å². The van der Waals surface area contributed by atoms with Crippen LogP contribution in [0.5, 0.6) is 11.5 Å². The van der Waals surface area contributed by atoms with Gasteiger partial charge in [-0.2, -0.15) is 5.26 Å². The van der Waals surface area contributed by atoms with Crippen LogP contribution in [0.15, 0.2) is 101 Å². The molecule has 5 atom stereocenters. The summed E-state index contributed by atoms with van der Waals surface area (Å²) in [5.41, 5.74) is -0.180. The Morgan fingerprint density at radius 2 is 1.47 bits per heavy atom. The second kappa shape index (κ2) is 18.1. The highest BCUT2D eigenvalue weighted by molar-refractivity contribution is 7.44. The highest BCUT2D eigenvalue weighted by Crippen LogP contribution is 2.50. The molecule has 0 saturated carbocycles. The maximum absolute atomic E-state index is 13.0. The van der Waals surface area contributed by atoms with E-state index in [1.807, 2.05) is 111 Å². The number of nitriles is 1. The van der Waals surface area contributed by atoms with Crippen molar-refractivity contribution in [1.82, 2.24) is 14.2 Å². The van der Waals surface area contributed by atoms with E-state index in [4.69, 9.17) is 28.0 Å². The molecule has 53 heavy (non-hydrogen) atoms. The Balaban J connectivity index is 1.62. The number of benzene rings is 3. The average Bonchev–Trinajstić information content (AvgIpc) is 3.46. The van der Waals surface area contributed by atoms with Gasteiger partial charge in [-0.15, -0.1) is 0 Å². The van der Waals surface area contributed by atoms with Gasteiger partial charge in [0.15, 0.2) is 6.23 Å². The van der Waals surface area contributed by atoms with E-state index in [1.165, 1.54) is 12.3 Å². The Labute approximate surface area is 310 Å². The lowest BCUT2D eigenvalue weighted by molar-refractivity contribution is -0.0946. The molecular weight excluding hydrogens is 699 g/mol. The van der Waals surface area contributed by atoms with Gasteiger partial charge in [-0.3, -0.25) is 14.3 Å². The molecule has 282 valence electrons. The number of aliphatic hydroxyl groups excluding tert-OH is 1. The van der Waals surface area contributed by atoms with Gasteiger partial charge in [0.25, 0.3) is 14.1 Å². The summed E-state index contributed by atoms with van der Waals surface area (Å²) < 4.78 is 40.7. The third kappa shape index (κ3) is 8.88. The van der Waals surface area contributed by atoms with Crippen LogP contribution in [-0.4, -0.2) is 77.2 Å². The number of hydrogen-bond acceptors (Lipinski definition) is 11. The van der Waals surface area contributed by atoms with Gasteiger partial charge in [-0.05, 0) is 68.7 Å². The van der Waals surface area contributed by atoms with Crippen LogP contribution in [0.4, 0.5) is 0 Å². The monoisotopic (exact) mass is 746 g/mol. The molecule has 0 spiro atoms. The fourth-order valence-electron chi connectivity index (χ4n) is 6.52. The molecule has 3 aromatic carbocycles. The minimum Gasteiger partial charge on any atom is -0.497 e. The molecule has 0 aliphatic carbocycles. The van der Waals surface area contributed by atoms with Crippen LogP contribution >= 0.6 is 8.53 Å². The summed E-state index contributed by atoms with van der Waals surface area (Å²) in [5.74, 6) is 1.33. The molecule has 1 fully saturated rings. The maximum Gasteiger partial charge on any atom is 0.330 e. The number of nitrogens with zero attached hydrogens (tertiary/aromatic N) is 3. The maximum atomic E-state index is 13.0. The molecule has 0 amide bonds. The summed E-state index contributed by atoms with van der Waals surface area (Å²) in [7, 11) is 1.36. The molecule has 14 heteroatoms. The predicted molar refractivity (Wildman–Crippen MR) is 200 cm³/mol. The van der Waals surface area contributed by atoms with Crippen molar-refractivity contribution in [3.05, 3.63) is 129 Å². The molecule has 1 saturated heterocycles. The minimum atomic E-state index is -1.85. The highest BCUT2D eigenvalue weighted by Gasteiger charge is 2.50. The van der Waals surface area contributed by atoms with Crippen LogP contribution in [0, 0.1) is 11.3 Å². The summed E-state index contributed by atoms with van der Waals surface area (Å²) in [6, 6.07) is 28.1. The fraction of sp³-hybridized carbons (Fsp3) is 0.410. The molecule has 0 radical (unpaired) electrons. The second-order valence-corrected chi connectivity index (χ2v) is 14.4. The van der Waals surface area contributed by atoms with E-state index >= 15 is 0 Å². The summed E-state index contributed by atoms with van der Waals surface area (Å²) in [5, 5.41) is 21.2. The lowest BCUT2D eigenvalue weighted by Gasteiger charge is -2.39. The first-order chi connectivity index (χ1) is 25.5. The van der Waals surface area contributed by atoms with Gasteiger partial charge in [0, 0.05) is 24.3 Å². The van der Waals surface area contributed by atoms with Gasteiger partial charge < -0.3 is 33.1 Å². The van der Waals surface area contributed by atoms with E-state index in [9.17, 15) is 20.0 Å². The van der Waals surface area contributed by atoms with Crippen molar-refractivity contribution in [2.24, 2.45) is 0 Å². The largest absolute Gasteiger partial charge is 0.497 e. The van der Waals surface area contributed by atoms with Crippen molar-refractivity contribution < 1.29 is 33.1 Å². The number of aromatic nitrogens is 2. The molecule has 1 aliphatic rings. The van der Waals surface area contributed by atoms with Crippen molar-refractivity contribution in [2.45, 2.75) is 76.3 Å². The number of rotatable bonds is 17. The van der Waals surface area contributed by atoms with Crippen LogP contribution < -0.4 is 20.7 Å². The lowest BCUT2D eigenvalue weighted by atomic mass is 9.80. The van der Waals surface area contributed by atoms with Crippen LogP contribution in [-0.2, 0) is 24.1 Å². The molecule has 0 bridgehead atoms. The normalized spacial score (nSPS) is 19.4. The van der Waals surface area contributed by atoms with Crippen LogP contribution in [0.3, 0.4) is 0 Å². The molecule has 1 aromatic heterocycles. The first-order valence-corrected chi connectivity index (χ1v) is 18.6. The van der Waals surface area contributed by atoms with Crippen molar-refractivity contribution in [1.29, 1.82) is 5.26 Å². The number of aromatic amines is 1. The van der Waals surface area contributed by atoms with Gasteiger partial charge in [-0.25, -0.2) is 9.46 Å². The zero-order chi connectivity index (χ0) is 38.1. The quantitative estimate of drug-likeness (QED) is 0.0801. The van der Waals surface area contributed by atoms with E-state index in [2.05, 4.69) is 11.1 Å². The molecule has 4 aromatic rings. The number of ether oxygens (including phenoxy) is 4. The van der Waals surface area contributed by atoms with E-state index in [1.54, 1.807) is 14.2 Å². The van der Waals surface area contributed by atoms with Crippen molar-refractivity contribution >= 4 is 8.53 Å². The Morgan fingerprint density at radius 3 is 1.98 bits per heavy atom. The first kappa shape index (κ1) is 39.8. The minimum absolute atomic E-state index is 0.0224. The molecule has 2 heterocycles. The molecule has 1 aliphatic heterocycles. The first-order valence-electron chi connectivity index (χ1n) is 17.4. The number of hydrogen-bond donors (Lipinski definition) is 2. The van der Waals surface area contributed by atoms with Gasteiger partial charge >= 0.3 is 5.69 Å². The highest BCUT2D eigenvalue weighted by atomic mass is 31.2. The zero-order valence-electron chi connectivity index (χ0n) is 30.7. The van der Waals surface area contributed by atoms with E-state index < -0.39 is 49.9 Å². The van der Waals surface area contributed by atoms with Crippen LogP contribution in [0.2, 0.25) is 0 Å². The molecular formula is C39H47N4O9P. The zero-order valence-corrected chi connectivity index (χ0v) is 31.6. The average molecular weight is 747 g/mol. The number of methoxy groups -OCH3 is 2. The Kier molecular flexibility index (Phi) is 13.6. The van der Waals surface area contributed by atoms with E-state index in [0.29, 0.717) is 11.5 Å². The molecule has 5 rings (SSSR count). The van der Waals surface area contributed by atoms with Gasteiger partial charge in [0.2, 0.25) is 0 Å². The molecule has 5 unspecified atom stereocenters. The van der Waals surface area contributed by atoms with Crippen molar-refractivity contribution in [3.8, 4) is 17.6 Å². The van der Waals surface area contributed by atoms with Crippen LogP contribution in [0.1, 0.15) is 57.0 Å². The fourth-order valence-corrected chi connectivity index (χ4v) is 8.29. The third-order valence-electron chi connectivity index (χ3n) is 8.95.